The number of rotatable bonds is 7. The van der Waals surface area contributed by atoms with Crippen molar-refractivity contribution in [2.24, 2.45) is 0 Å². The lowest BCUT2D eigenvalue weighted by Crippen LogP contribution is -2.35. The summed E-state index contributed by atoms with van der Waals surface area (Å²) in [5.74, 6) is -0.0421. The quantitative estimate of drug-likeness (QED) is 0.804. The van der Waals surface area contributed by atoms with Crippen LogP contribution in [0.1, 0.15) is 25.0 Å². The zero-order chi connectivity index (χ0) is 17.7. The average Bonchev–Trinajstić information content (AvgIpc) is 2.96. The van der Waals surface area contributed by atoms with Crippen molar-refractivity contribution in [1.29, 1.82) is 0 Å². The molecule has 0 atom stereocenters. The van der Waals surface area contributed by atoms with Gasteiger partial charge in [0.1, 0.15) is 0 Å². The van der Waals surface area contributed by atoms with E-state index in [4.69, 9.17) is 0 Å². The molecule has 128 valence electrons. The zero-order valence-electron chi connectivity index (χ0n) is 13.9. The third-order valence-corrected chi connectivity index (χ3v) is 4.55. The van der Waals surface area contributed by atoms with Gasteiger partial charge in [-0.05, 0) is 26.3 Å². The van der Waals surface area contributed by atoms with Crippen molar-refractivity contribution in [3.05, 3.63) is 47.8 Å². The molecular weight excluding hydrogens is 326 g/mol. The maximum absolute atomic E-state index is 12.0. The van der Waals surface area contributed by atoms with Crippen molar-refractivity contribution in [3.8, 4) is 0 Å². The number of thioether (sulfide) groups is 1. The minimum absolute atomic E-state index is 0.139. The molecule has 0 aliphatic heterocycles. The van der Waals surface area contributed by atoms with E-state index >= 15 is 0 Å². The number of carboxylic acids is 1. The van der Waals surface area contributed by atoms with E-state index in [0.717, 1.165) is 5.75 Å². The molecule has 7 heteroatoms. The summed E-state index contributed by atoms with van der Waals surface area (Å²) in [7, 11) is 0. The van der Waals surface area contributed by atoms with Gasteiger partial charge in [0.15, 0.2) is 5.54 Å². The number of aryl methyl sites for hydroxylation is 1. The SMILES string of the molecule is Cc1cccc(CSCC(=O)Nc2cnn(C(C)(C)C(=O)O)c2)c1. The Morgan fingerprint density at radius 1 is 1.38 bits per heavy atom. The van der Waals surface area contributed by atoms with Crippen LogP contribution in [0.25, 0.3) is 0 Å². The molecule has 0 bridgehead atoms. The Balaban J connectivity index is 1.85. The molecule has 0 aliphatic carbocycles. The lowest BCUT2D eigenvalue weighted by atomic mass is 10.1. The number of benzene rings is 1. The Bertz CT molecular complexity index is 740. The summed E-state index contributed by atoms with van der Waals surface area (Å²) < 4.78 is 1.32. The number of hydrogen-bond donors (Lipinski definition) is 2. The first-order valence-corrected chi connectivity index (χ1v) is 8.66. The fourth-order valence-electron chi connectivity index (χ4n) is 2.05. The first kappa shape index (κ1) is 18.1. The van der Waals surface area contributed by atoms with Gasteiger partial charge in [-0.15, -0.1) is 11.8 Å². The molecule has 0 aliphatic rings. The summed E-state index contributed by atoms with van der Waals surface area (Å²) in [5, 5.41) is 15.9. The highest BCUT2D eigenvalue weighted by molar-refractivity contribution is 7.99. The molecule has 0 unspecified atom stereocenters. The molecule has 1 heterocycles. The molecule has 2 rings (SSSR count). The van der Waals surface area contributed by atoms with Crippen LogP contribution in [0.15, 0.2) is 36.7 Å². The highest BCUT2D eigenvalue weighted by atomic mass is 32.2. The Kier molecular flexibility index (Phi) is 5.66. The largest absolute Gasteiger partial charge is 0.479 e. The molecule has 24 heavy (non-hydrogen) atoms. The van der Waals surface area contributed by atoms with Crippen molar-refractivity contribution < 1.29 is 14.7 Å². The van der Waals surface area contributed by atoms with Gasteiger partial charge in [-0.3, -0.25) is 9.48 Å². The van der Waals surface area contributed by atoms with Gasteiger partial charge in [-0.1, -0.05) is 29.8 Å². The number of carbonyl (C=O) groups excluding carboxylic acids is 1. The Labute approximate surface area is 145 Å². The summed E-state index contributed by atoms with van der Waals surface area (Å²) in [4.78, 5) is 23.2. The van der Waals surface area contributed by atoms with Crippen molar-refractivity contribution in [2.75, 3.05) is 11.1 Å². The van der Waals surface area contributed by atoms with E-state index in [1.807, 2.05) is 25.1 Å². The van der Waals surface area contributed by atoms with E-state index in [9.17, 15) is 14.7 Å². The average molecular weight is 347 g/mol. The fraction of sp³-hybridized carbons (Fsp3) is 0.353. The van der Waals surface area contributed by atoms with E-state index in [-0.39, 0.29) is 5.91 Å². The van der Waals surface area contributed by atoms with Gasteiger partial charge in [-0.25, -0.2) is 4.79 Å². The van der Waals surface area contributed by atoms with Gasteiger partial charge < -0.3 is 10.4 Å². The molecule has 0 saturated carbocycles. The second-order valence-electron chi connectivity index (χ2n) is 6.07. The summed E-state index contributed by atoms with van der Waals surface area (Å²) in [6.45, 7) is 5.13. The Hall–Kier alpha value is -2.28. The number of anilines is 1. The molecule has 2 N–H and O–H groups in total. The van der Waals surface area contributed by atoms with Gasteiger partial charge in [0, 0.05) is 11.9 Å². The van der Waals surface area contributed by atoms with Crippen LogP contribution >= 0.6 is 11.8 Å². The van der Waals surface area contributed by atoms with E-state index in [0.29, 0.717) is 11.4 Å². The van der Waals surface area contributed by atoms with Crippen LogP contribution in [0, 0.1) is 6.92 Å². The smallest absolute Gasteiger partial charge is 0.331 e. The highest BCUT2D eigenvalue weighted by Gasteiger charge is 2.30. The minimum Gasteiger partial charge on any atom is -0.479 e. The monoisotopic (exact) mass is 347 g/mol. The summed E-state index contributed by atoms with van der Waals surface area (Å²) in [6.07, 6.45) is 2.98. The molecule has 0 spiro atoms. The number of carboxylic acid groups (broad SMARTS) is 1. The molecule has 1 amide bonds. The molecule has 1 aromatic carbocycles. The molecule has 6 nitrogen and oxygen atoms in total. The van der Waals surface area contributed by atoms with E-state index < -0.39 is 11.5 Å². The zero-order valence-corrected chi connectivity index (χ0v) is 14.8. The number of hydrogen-bond acceptors (Lipinski definition) is 4. The van der Waals surface area contributed by atoms with Crippen LogP contribution in [-0.4, -0.2) is 32.5 Å². The van der Waals surface area contributed by atoms with Crippen LogP contribution < -0.4 is 5.32 Å². The predicted molar refractivity (Wildman–Crippen MR) is 95.2 cm³/mol. The number of nitrogens with one attached hydrogen (secondary N) is 1. The number of nitrogens with zero attached hydrogens (tertiary/aromatic N) is 2. The highest BCUT2D eigenvalue weighted by Crippen LogP contribution is 2.18. The number of aromatic nitrogens is 2. The summed E-state index contributed by atoms with van der Waals surface area (Å²) >= 11 is 1.53. The fourth-order valence-corrected chi connectivity index (χ4v) is 2.83. The van der Waals surface area contributed by atoms with Gasteiger partial charge in [0.25, 0.3) is 0 Å². The third-order valence-electron chi connectivity index (χ3n) is 3.55. The molecule has 1 aromatic heterocycles. The Morgan fingerprint density at radius 3 is 2.79 bits per heavy atom. The molecule has 0 radical (unpaired) electrons. The number of carbonyl (C=O) groups is 2. The minimum atomic E-state index is -1.16. The van der Waals surface area contributed by atoms with Gasteiger partial charge in [0.2, 0.25) is 5.91 Å². The molecule has 0 saturated heterocycles. The second-order valence-corrected chi connectivity index (χ2v) is 7.05. The van der Waals surface area contributed by atoms with Crippen molar-refractivity contribution in [2.45, 2.75) is 32.1 Å². The lowest BCUT2D eigenvalue weighted by Gasteiger charge is -2.19. The second kappa shape index (κ2) is 7.53. The normalized spacial score (nSPS) is 11.3. The van der Waals surface area contributed by atoms with E-state index in [2.05, 4.69) is 16.5 Å². The van der Waals surface area contributed by atoms with Crippen LogP contribution in [0.5, 0.6) is 0 Å². The van der Waals surface area contributed by atoms with Crippen molar-refractivity contribution in [3.63, 3.8) is 0 Å². The van der Waals surface area contributed by atoms with Gasteiger partial charge in [-0.2, -0.15) is 5.10 Å². The number of aliphatic carboxylic acids is 1. The summed E-state index contributed by atoms with van der Waals surface area (Å²) in [5.41, 5.74) is 1.71. The van der Waals surface area contributed by atoms with Crippen LogP contribution in [-0.2, 0) is 20.9 Å². The maximum Gasteiger partial charge on any atom is 0.331 e. The van der Waals surface area contributed by atoms with Crippen LogP contribution in [0.2, 0.25) is 0 Å². The first-order valence-electron chi connectivity index (χ1n) is 7.51. The summed E-state index contributed by atoms with van der Waals surface area (Å²) in [6, 6.07) is 8.18. The predicted octanol–water partition coefficient (Wildman–Crippen LogP) is 2.88. The van der Waals surface area contributed by atoms with Crippen LogP contribution in [0.3, 0.4) is 0 Å². The molecular formula is C17H21N3O3S. The standard InChI is InChI=1S/C17H21N3O3S/c1-12-5-4-6-13(7-12)10-24-11-15(21)19-14-8-18-20(9-14)17(2,3)16(22)23/h4-9H,10-11H2,1-3H3,(H,19,21)(H,22,23). The van der Waals surface area contributed by atoms with Gasteiger partial charge >= 0.3 is 5.97 Å². The molecule has 0 fully saturated rings. The van der Waals surface area contributed by atoms with E-state index in [1.165, 1.54) is 40.0 Å². The maximum atomic E-state index is 12.0. The Morgan fingerprint density at radius 2 is 2.12 bits per heavy atom. The first-order chi connectivity index (χ1) is 11.3. The lowest BCUT2D eigenvalue weighted by molar-refractivity contribution is -0.146. The van der Waals surface area contributed by atoms with Gasteiger partial charge in [0.05, 0.1) is 17.6 Å². The van der Waals surface area contributed by atoms with E-state index in [1.54, 1.807) is 13.8 Å². The van der Waals surface area contributed by atoms with Crippen molar-refractivity contribution in [1.82, 2.24) is 9.78 Å². The number of amides is 1. The molecule has 2 aromatic rings. The van der Waals surface area contributed by atoms with Crippen LogP contribution in [0.4, 0.5) is 5.69 Å². The third kappa shape index (κ3) is 4.61. The topological polar surface area (TPSA) is 84.2 Å². The van der Waals surface area contributed by atoms with Crippen molar-refractivity contribution >= 4 is 29.3 Å².